The summed E-state index contributed by atoms with van der Waals surface area (Å²) in [4.78, 5) is 21.0. The zero-order valence-electron chi connectivity index (χ0n) is 15.9. The molecule has 0 aromatic carbocycles. The maximum Gasteiger partial charge on any atom is 0.227 e. The van der Waals surface area contributed by atoms with Gasteiger partial charge < -0.3 is 15.1 Å². The van der Waals surface area contributed by atoms with E-state index in [9.17, 15) is 4.79 Å². The highest BCUT2D eigenvalue weighted by Crippen LogP contribution is 2.18. The summed E-state index contributed by atoms with van der Waals surface area (Å²) in [5.74, 6) is 1.14. The lowest BCUT2D eigenvalue weighted by molar-refractivity contribution is -0.130. The van der Waals surface area contributed by atoms with Gasteiger partial charge in [-0.15, -0.1) is 0 Å². The summed E-state index contributed by atoms with van der Waals surface area (Å²) in [6, 6.07) is 4.46. The van der Waals surface area contributed by atoms with Gasteiger partial charge in [0.2, 0.25) is 5.91 Å². The molecule has 2 aromatic heterocycles. The maximum atomic E-state index is 12.5. The summed E-state index contributed by atoms with van der Waals surface area (Å²) in [7, 11) is 5.84. The summed E-state index contributed by atoms with van der Waals surface area (Å²) >= 11 is 0. The molecule has 1 fully saturated rings. The second kappa shape index (κ2) is 8.21. The number of carbonyl (C=O) groups is 1. The van der Waals surface area contributed by atoms with Crippen LogP contribution in [0, 0.1) is 0 Å². The van der Waals surface area contributed by atoms with Gasteiger partial charge in [-0.05, 0) is 37.0 Å². The first-order chi connectivity index (χ1) is 12.5. The summed E-state index contributed by atoms with van der Waals surface area (Å²) < 4.78 is 1.74. The Bertz CT molecular complexity index is 724. The van der Waals surface area contributed by atoms with Gasteiger partial charge in [0.25, 0.3) is 0 Å². The van der Waals surface area contributed by atoms with Crippen LogP contribution in [0.3, 0.4) is 0 Å². The Morgan fingerprint density at radius 3 is 2.77 bits per heavy atom. The lowest BCUT2D eigenvalue weighted by Gasteiger charge is -2.21. The van der Waals surface area contributed by atoms with E-state index in [0.29, 0.717) is 12.5 Å². The van der Waals surface area contributed by atoms with Crippen molar-refractivity contribution in [2.24, 2.45) is 7.05 Å². The average molecular weight is 356 g/mol. The SMILES string of the molecule is CN(C)c1ccc(N[C@H]2CCCN(C(=O)Cc3cnn(C)c3)CC2)cn1. The molecule has 26 heavy (non-hydrogen) atoms. The van der Waals surface area contributed by atoms with Gasteiger partial charge in [0, 0.05) is 46.5 Å². The van der Waals surface area contributed by atoms with Gasteiger partial charge in [0.05, 0.1) is 24.5 Å². The number of pyridine rings is 1. The molecule has 3 heterocycles. The molecule has 1 aliphatic rings. The molecule has 1 amide bonds. The fraction of sp³-hybridized carbons (Fsp3) is 0.526. The Morgan fingerprint density at radius 1 is 1.27 bits per heavy atom. The number of amides is 1. The summed E-state index contributed by atoms with van der Waals surface area (Å²) in [6.45, 7) is 1.62. The third-order valence-electron chi connectivity index (χ3n) is 4.77. The number of hydrogen-bond acceptors (Lipinski definition) is 5. The number of aromatic nitrogens is 3. The van der Waals surface area contributed by atoms with Crippen molar-refractivity contribution < 1.29 is 4.79 Å². The second-order valence-electron chi connectivity index (χ2n) is 7.15. The minimum Gasteiger partial charge on any atom is -0.381 e. The van der Waals surface area contributed by atoms with Crippen LogP contribution < -0.4 is 10.2 Å². The smallest absolute Gasteiger partial charge is 0.227 e. The third kappa shape index (κ3) is 4.74. The van der Waals surface area contributed by atoms with Crippen molar-refractivity contribution in [1.29, 1.82) is 0 Å². The Morgan fingerprint density at radius 2 is 2.12 bits per heavy atom. The number of anilines is 2. The van der Waals surface area contributed by atoms with Crippen LogP contribution in [0.15, 0.2) is 30.7 Å². The Balaban J connectivity index is 1.52. The number of rotatable bonds is 5. The molecule has 0 bridgehead atoms. The van der Waals surface area contributed by atoms with E-state index in [1.165, 1.54) is 0 Å². The second-order valence-corrected chi connectivity index (χ2v) is 7.15. The zero-order chi connectivity index (χ0) is 18.5. The first kappa shape index (κ1) is 18.2. The molecular weight excluding hydrogens is 328 g/mol. The molecule has 0 radical (unpaired) electrons. The van der Waals surface area contributed by atoms with E-state index < -0.39 is 0 Å². The highest BCUT2D eigenvalue weighted by molar-refractivity contribution is 5.78. The number of hydrogen-bond donors (Lipinski definition) is 1. The summed E-state index contributed by atoms with van der Waals surface area (Å²) in [5.41, 5.74) is 2.01. The Hall–Kier alpha value is -2.57. The molecule has 7 nitrogen and oxygen atoms in total. The Kier molecular flexibility index (Phi) is 5.75. The first-order valence-corrected chi connectivity index (χ1v) is 9.16. The van der Waals surface area contributed by atoms with Gasteiger partial charge >= 0.3 is 0 Å². The number of nitrogens with one attached hydrogen (secondary N) is 1. The lowest BCUT2D eigenvalue weighted by atomic mass is 10.1. The standard InChI is InChI=1S/C19H28N6O/c1-23(2)18-7-6-17(13-20-18)22-16-5-4-9-25(10-8-16)19(26)11-15-12-21-24(3)14-15/h6-7,12-14,16,22H,4-5,8-11H2,1-3H3/t16-/m0/s1. The fourth-order valence-electron chi connectivity index (χ4n) is 3.31. The highest BCUT2D eigenvalue weighted by atomic mass is 16.2. The van der Waals surface area contributed by atoms with E-state index in [1.54, 1.807) is 10.9 Å². The molecule has 0 spiro atoms. The Labute approximate surface area is 155 Å². The van der Waals surface area contributed by atoms with E-state index in [1.807, 2.05) is 49.4 Å². The predicted octanol–water partition coefficient (Wildman–Crippen LogP) is 1.92. The molecule has 1 N–H and O–H groups in total. The van der Waals surface area contributed by atoms with E-state index in [0.717, 1.165) is 49.4 Å². The minimum absolute atomic E-state index is 0.190. The molecule has 0 saturated carbocycles. The normalized spacial score (nSPS) is 17.7. The number of nitrogens with zero attached hydrogens (tertiary/aromatic N) is 5. The lowest BCUT2D eigenvalue weighted by Crippen LogP contribution is -2.33. The van der Waals surface area contributed by atoms with Crippen LogP contribution >= 0.6 is 0 Å². The number of carbonyl (C=O) groups excluding carboxylic acids is 1. The average Bonchev–Trinajstić information content (AvgIpc) is 2.88. The number of aryl methyl sites for hydroxylation is 1. The van der Waals surface area contributed by atoms with Gasteiger partial charge in [-0.25, -0.2) is 4.98 Å². The van der Waals surface area contributed by atoms with Gasteiger partial charge in [0.15, 0.2) is 0 Å². The summed E-state index contributed by atoms with van der Waals surface area (Å²) in [6.07, 6.45) is 9.02. The molecule has 0 aliphatic carbocycles. The largest absolute Gasteiger partial charge is 0.381 e. The van der Waals surface area contributed by atoms with Crippen LogP contribution in [0.1, 0.15) is 24.8 Å². The van der Waals surface area contributed by atoms with Crippen LogP contribution in [-0.2, 0) is 18.3 Å². The fourth-order valence-corrected chi connectivity index (χ4v) is 3.31. The van der Waals surface area contributed by atoms with Crippen molar-refractivity contribution >= 4 is 17.4 Å². The molecule has 140 valence electrons. The molecule has 1 saturated heterocycles. The van der Waals surface area contributed by atoms with E-state index in [2.05, 4.69) is 21.5 Å². The summed E-state index contributed by atoms with van der Waals surface area (Å²) in [5, 5.41) is 7.70. The zero-order valence-corrected chi connectivity index (χ0v) is 15.9. The van der Waals surface area contributed by atoms with E-state index in [-0.39, 0.29) is 5.91 Å². The van der Waals surface area contributed by atoms with Crippen LogP contribution in [0.2, 0.25) is 0 Å². The highest BCUT2D eigenvalue weighted by Gasteiger charge is 2.21. The van der Waals surface area contributed by atoms with Crippen LogP contribution in [-0.4, -0.2) is 58.8 Å². The predicted molar refractivity (Wildman–Crippen MR) is 103 cm³/mol. The molecule has 7 heteroatoms. The van der Waals surface area contributed by atoms with Gasteiger partial charge in [-0.2, -0.15) is 5.10 Å². The maximum absolute atomic E-state index is 12.5. The molecular formula is C19H28N6O. The molecule has 1 atom stereocenters. The first-order valence-electron chi connectivity index (χ1n) is 9.16. The van der Waals surface area contributed by atoms with Crippen molar-refractivity contribution in [2.75, 3.05) is 37.4 Å². The van der Waals surface area contributed by atoms with Crippen LogP contribution in [0.5, 0.6) is 0 Å². The van der Waals surface area contributed by atoms with Crippen molar-refractivity contribution in [1.82, 2.24) is 19.7 Å². The molecule has 0 unspecified atom stereocenters. The van der Waals surface area contributed by atoms with Gasteiger partial charge in [-0.1, -0.05) is 0 Å². The van der Waals surface area contributed by atoms with Crippen molar-refractivity contribution in [2.45, 2.75) is 31.7 Å². The minimum atomic E-state index is 0.190. The van der Waals surface area contributed by atoms with E-state index >= 15 is 0 Å². The van der Waals surface area contributed by atoms with E-state index in [4.69, 9.17) is 0 Å². The van der Waals surface area contributed by atoms with Gasteiger partial charge in [0.1, 0.15) is 5.82 Å². The number of likely N-dealkylation sites (tertiary alicyclic amines) is 1. The molecule has 3 rings (SSSR count). The van der Waals surface area contributed by atoms with Crippen LogP contribution in [0.25, 0.3) is 0 Å². The third-order valence-corrected chi connectivity index (χ3v) is 4.77. The van der Waals surface area contributed by atoms with Crippen molar-refractivity contribution in [3.63, 3.8) is 0 Å². The van der Waals surface area contributed by atoms with Crippen molar-refractivity contribution in [3.05, 3.63) is 36.3 Å². The van der Waals surface area contributed by atoms with Crippen molar-refractivity contribution in [3.8, 4) is 0 Å². The van der Waals surface area contributed by atoms with Gasteiger partial charge in [-0.3, -0.25) is 9.48 Å². The van der Waals surface area contributed by atoms with Crippen LogP contribution in [0.4, 0.5) is 11.5 Å². The quantitative estimate of drug-likeness (QED) is 0.887. The topological polar surface area (TPSA) is 66.3 Å². The monoisotopic (exact) mass is 356 g/mol. The molecule has 2 aromatic rings. The molecule has 1 aliphatic heterocycles.